The van der Waals surface area contributed by atoms with Crippen molar-refractivity contribution in [3.63, 3.8) is 0 Å². The molecule has 2 atom stereocenters. The van der Waals surface area contributed by atoms with Crippen LogP contribution in [0, 0.1) is 0 Å². The van der Waals surface area contributed by atoms with E-state index in [1.807, 2.05) is 44.2 Å². The summed E-state index contributed by atoms with van der Waals surface area (Å²) in [6, 6.07) is 11.1. The van der Waals surface area contributed by atoms with Crippen LogP contribution in [0.15, 0.2) is 69.6 Å². The first-order valence-corrected chi connectivity index (χ1v) is 10.3. The first kappa shape index (κ1) is 20.0. The molecular formula is C24H26N2O4. The Morgan fingerprint density at radius 2 is 2.10 bits per heavy atom. The van der Waals surface area contributed by atoms with Crippen molar-refractivity contribution < 1.29 is 18.7 Å². The molecule has 0 fully saturated rings. The number of rotatable bonds is 5. The summed E-state index contributed by atoms with van der Waals surface area (Å²) in [6.45, 7) is 4.13. The van der Waals surface area contributed by atoms with E-state index in [0.29, 0.717) is 42.0 Å². The molecule has 0 bridgehead atoms. The Bertz CT molecular complexity index is 1030. The summed E-state index contributed by atoms with van der Waals surface area (Å²) in [4.78, 5) is 26.3. The summed E-state index contributed by atoms with van der Waals surface area (Å²) in [6.07, 6.45) is 3.33. The Morgan fingerprint density at radius 3 is 2.80 bits per heavy atom. The predicted octanol–water partition coefficient (Wildman–Crippen LogP) is 4.18. The number of benzene rings is 1. The van der Waals surface area contributed by atoms with Crippen LogP contribution in [0.4, 0.5) is 5.69 Å². The van der Waals surface area contributed by atoms with Gasteiger partial charge in [-0.05, 0) is 49.6 Å². The molecule has 0 amide bonds. The average Bonchev–Trinajstić information content (AvgIpc) is 3.25. The lowest BCUT2D eigenvalue weighted by Gasteiger charge is -2.36. The molecular weight excluding hydrogens is 380 g/mol. The van der Waals surface area contributed by atoms with E-state index in [2.05, 4.69) is 5.32 Å². The highest BCUT2D eigenvalue weighted by atomic mass is 16.5. The molecule has 4 rings (SSSR count). The summed E-state index contributed by atoms with van der Waals surface area (Å²) in [7, 11) is 0. The number of ether oxygens (including phenoxy) is 1. The number of nitrogens with two attached hydrogens (primary N) is 1. The van der Waals surface area contributed by atoms with Crippen LogP contribution in [0.2, 0.25) is 0 Å². The van der Waals surface area contributed by atoms with Crippen LogP contribution >= 0.6 is 0 Å². The standard InChI is InChI=1S/C24H26N2O4/c1-3-9-30-24(28)21-14(2)26-18-12-16(20-8-5-10-29-20)13-19(27)23(18)22(21)15-6-4-7-17(25)11-15/h4-8,10-11,16,22,26H,3,9,12-13,25H2,1-2H3. The van der Waals surface area contributed by atoms with Gasteiger partial charge in [0.2, 0.25) is 0 Å². The molecule has 3 N–H and O–H groups in total. The van der Waals surface area contributed by atoms with Crippen molar-refractivity contribution in [2.24, 2.45) is 0 Å². The maximum absolute atomic E-state index is 13.3. The number of hydrogen-bond donors (Lipinski definition) is 2. The zero-order valence-electron chi connectivity index (χ0n) is 17.2. The number of hydrogen-bond acceptors (Lipinski definition) is 6. The van der Waals surface area contributed by atoms with E-state index in [1.54, 1.807) is 12.3 Å². The lowest BCUT2D eigenvalue weighted by Crippen LogP contribution is -2.36. The van der Waals surface area contributed by atoms with E-state index in [1.165, 1.54) is 0 Å². The van der Waals surface area contributed by atoms with E-state index in [4.69, 9.17) is 14.9 Å². The monoisotopic (exact) mass is 406 g/mol. The minimum Gasteiger partial charge on any atom is -0.469 e. The minimum atomic E-state index is -0.501. The zero-order chi connectivity index (χ0) is 21.3. The van der Waals surface area contributed by atoms with Gasteiger partial charge in [0, 0.05) is 40.9 Å². The number of ketones is 1. The summed E-state index contributed by atoms with van der Waals surface area (Å²) >= 11 is 0. The van der Waals surface area contributed by atoms with Crippen molar-refractivity contribution in [1.82, 2.24) is 5.32 Å². The fourth-order valence-corrected chi connectivity index (χ4v) is 4.38. The number of furan rings is 1. The van der Waals surface area contributed by atoms with Crippen molar-refractivity contribution >= 4 is 17.4 Å². The van der Waals surface area contributed by atoms with Gasteiger partial charge in [0.25, 0.3) is 0 Å². The molecule has 2 heterocycles. The number of Topliss-reactive ketones (excluding diaryl/α,β-unsaturated/α-hetero) is 1. The maximum Gasteiger partial charge on any atom is 0.336 e. The molecule has 1 aromatic carbocycles. The lowest BCUT2D eigenvalue weighted by molar-refractivity contribution is -0.139. The van der Waals surface area contributed by atoms with Crippen molar-refractivity contribution in [2.75, 3.05) is 12.3 Å². The minimum absolute atomic E-state index is 0.00543. The van der Waals surface area contributed by atoms with Crippen LogP contribution < -0.4 is 11.1 Å². The number of carbonyl (C=O) groups is 2. The lowest BCUT2D eigenvalue weighted by atomic mass is 9.72. The molecule has 30 heavy (non-hydrogen) atoms. The largest absolute Gasteiger partial charge is 0.469 e. The van der Waals surface area contributed by atoms with E-state index < -0.39 is 11.9 Å². The number of nitrogen functional groups attached to an aromatic ring is 1. The third-order valence-corrected chi connectivity index (χ3v) is 5.67. The Labute approximate surface area is 175 Å². The smallest absolute Gasteiger partial charge is 0.336 e. The Morgan fingerprint density at radius 1 is 1.27 bits per heavy atom. The molecule has 6 heteroatoms. The van der Waals surface area contributed by atoms with Gasteiger partial charge in [-0.3, -0.25) is 4.79 Å². The SMILES string of the molecule is CCCOC(=O)C1=C(C)NC2=C(C(=O)CC(c3ccco3)C2)C1c1cccc(N)c1. The highest BCUT2D eigenvalue weighted by Gasteiger charge is 2.41. The normalized spacial score (nSPS) is 21.3. The van der Waals surface area contributed by atoms with Gasteiger partial charge in [0.05, 0.1) is 18.4 Å². The number of carbonyl (C=O) groups excluding carboxylic acids is 2. The van der Waals surface area contributed by atoms with Crippen molar-refractivity contribution in [1.29, 1.82) is 0 Å². The molecule has 156 valence electrons. The zero-order valence-corrected chi connectivity index (χ0v) is 17.2. The summed E-state index contributed by atoms with van der Waals surface area (Å²) in [5, 5.41) is 3.33. The van der Waals surface area contributed by atoms with Gasteiger partial charge in [0.1, 0.15) is 5.76 Å². The van der Waals surface area contributed by atoms with E-state index >= 15 is 0 Å². The van der Waals surface area contributed by atoms with Crippen molar-refractivity contribution in [3.05, 3.63) is 76.5 Å². The topological polar surface area (TPSA) is 94.6 Å². The third-order valence-electron chi connectivity index (χ3n) is 5.67. The van der Waals surface area contributed by atoms with E-state index in [-0.39, 0.29) is 11.7 Å². The maximum atomic E-state index is 13.3. The van der Waals surface area contributed by atoms with Gasteiger partial charge < -0.3 is 20.2 Å². The molecule has 0 saturated carbocycles. The van der Waals surface area contributed by atoms with Gasteiger partial charge in [-0.1, -0.05) is 19.1 Å². The highest BCUT2D eigenvalue weighted by molar-refractivity contribution is 6.04. The number of anilines is 1. The van der Waals surface area contributed by atoms with Gasteiger partial charge in [-0.2, -0.15) is 0 Å². The molecule has 0 spiro atoms. The fourth-order valence-electron chi connectivity index (χ4n) is 4.38. The van der Waals surface area contributed by atoms with Crippen LogP contribution in [0.3, 0.4) is 0 Å². The van der Waals surface area contributed by atoms with Gasteiger partial charge in [-0.25, -0.2) is 4.79 Å². The molecule has 1 aromatic heterocycles. The summed E-state index contributed by atoms with van der Waals surface area (Å²) in [5.74, 6) is -0.125. The first-order chi connectivity index (χ1) is 14.5. The number of esters is 1. The van der Waals surface area contributed by atoms with Crippen LogP contribution in [-0.2, 0) is 14.3 Å². The highest BCUT2D eigenvalue weighted by Crippen LogP contribution is 2.45. The molecule has 2 aromatic rings. The Balaban J connectivity index is 1.79. The number of dihydropyridines is 1. The van der Waals surface area contributed by atoms with Gasteiger partial charge in [-0.15, -0.1) is 0 Å². The van der Waals surface area contributed by atoms with Crippen molar-refractivity contribution in [3.8, 4) is 0 Å². The molecule has 1 aliphatic carbocycles. The molecule has 0 radical (unpaired) electrons. The van der Waals surface area contributed by atoms with Crippen LogP contribution in [0.25, 0.3) is 0 Å². The van der Waals surface area contributed by atoms with E-state index in [0.717, 1.165) is 23.4 Å². The van der Waals surface area contributed by atoms with Gasteiger partial charge in [0.15, 0.2) is 5.78 Å². The molecule has 1 aliphatic heterocycles. The number of nitrogens with one attached hydrogen (secondary N) is 1. The second-order valence-electron chi connectivity index (χ2n) is 7.84. The summed E-state index contributed by atoms with van der Waals surface area (Å²) < 4.78 is 11.0. The first-order valence-electron chi connectivity index (χ1n) is 10.3. The average molecular weight is 406 g/mol. The molecule has 2 unspecified atom stereocenters. The molecule has 6 nitrogen and oxygen atoms in total. The van der Waals surface area contributed by atoms with E-state index in [9.17, 15) is 9.59 Å². The van der Waals surface area contributed by atoms with Crippen LogP contribution in [-0.4, -0.2) is 18.4 Å². The number of allylic oxidation sites excluding steroid dienone is 3. The third kappa shape index (κ3) is 3.65. The van der Waals surface area contributed by atoms with Crippen LogP contribution in [0.5, 0.6) is 0 Å². The van der Waals surface area contributed by atoms with Gasteiger partial charge >= 0.3 is 5.97 Å². The van der Waals surface area contributed by atoms with Crippen LogP contribution in [0.1, 0.15) is 56.3 Å². The quantitative estimate of drug-likeness (QED) is 0.571. The molecule has 0 saturated heterocycles. The summed E-state index contributed by atoms with van der Waals surface area (Å²) in [5.41, 5.74) is 10.1. The Kier molecular flexibility index (Phi) is 5.48. The Hall–Kier alpha value is -3.28. The molecule has 2 aliphatic rings. The second-order valence-corrected chi connectivity index (χ2v) is 7.84. The fraction of sp³-hybridized carbons (Fsp3) is 0.333. The second kappa shape index (κ2) is 8.22. The van der Waals surface area contributed by atoms with Crippen molar-refractivity contribution in [2.45, 2.75) is 44.9 Å². The predicted molar refractivity (Wildman–Crippen MR) is 113 cm³/mol.